The number of benzene rings is 1. The van der Waals surface area contributed by atoms with Crippen molar-refractivity contribution in [3.05, 3.63) is 29.6 Å². The van der Waals surface area contributed by atoms with E-state index in [0.717, 1.165) is 18.2 Å². The summed E-state index contributed by atoms with van der Waals surface area (Å²) in [5.41, 5.74) is -0.385. The van der Waals surface area contributed by atoms with Gasteiger partial charge < -0.3 is 15.7 Å². The zero-order chi connectivity index (χ0) is 19.1. The second kappa shape index (κ2) is 9.05. The Morgan fingerprint density at radius 3 is 2.32 bits per heavy atom. The molecule has 1 atom stereocenters. The van der Waals surface area contributed by atoms with Gasteiger partial charge in [0.1, 0.15) is 11.9 Å². The van der Waals surface area contributed by atoms with E-state index in [1.54, 1.807) is 0 Å². The Morgan fingerprint density at radius 2 is 1.84 bits per heavy atom. The number of amides is 2. The van der Waals surface area contributed by atoms with Gasteiger partial charge >= 0.3 is 5.97 Å². The van der Waals surface area contributed by atoms with Crippen LogP contribution in [0.2, 0.25) is 0 Å². The van der Waals surface area contributed by atoms with E-state index in [1.165, 1.54) is 0 Å². The quantitative estimate of drug-likeness (QED) is 0.664. The van der Waals surface area contributed by atoms with Crippen LogP contribution in [0.5, 0.6) is 0 Å². The average molecular weight is 360 g/mol. The molecular formula is C16H19F3N2O4. The van der Waals surface area contributed by atoms with Gasteiger partial charge in [-0.2, -0.15) is 0 Å². The van der Waals surface area contributed by atoms with Crippen LogP contribution in [0, 0.1) is 11.7 Å². The minimum Gasteiger partial charge on any atom is -0.480 e. The minimum atomic E-state index is -2.92. The van der Waals surface area contributed by atoms with E-state index in [-0.39, 0.29) is 23.6 Å². The van der Waals surface area contributed by atoms with Crippen molar-refractivity contribution in [2.24, 2.45) is 5.92 Å². The van der Waals surface area contributed by atoms with E-state index >= 15 is 0 Å². The third-order valence-corrected chi connectivity index (χ3v) is 3.12. The number of hydrogen-bond acceptors (Lipinski definition) is 3. The van der Waals surface area contributed by atoms with E-state index in [4.69, 9.17) is 5.11 Å². The van der Waals surface area contributed by atoms with Crippen LogP contribution in [-0.4, -0.2) is 35.4 Å². The Hall–Kier alpha value is -2.58. The van der Waals surface area contributed by atoms with Gasteiger partial charge in [-0.1, -0.05) is 13.8 Å². The highest BCUT2D eigenvalue weighted by molar-refractivity contribution is 5.97. The van der Waals surface area contributed by atoms with Crippen molar-refractivity contribution in [3.63, 3.8) is 0 Å². The number of anilines is 1. The van der Waals surface area contributed by atoms with Crippen LogP contribution in [0.25, 0.3) is 0 Å². The molecule has 0 heterocycles. The maximum Gasteiger partial charge on any atom is 0.326 e. The number of carbonyl (C=O) groups is 3. The molecule has 1 aromatic carbocycles. The molecule has 0 saturated heterocycles. The van der Waals surface area contributed by atoms with Gasteiger partial charge in [0, 0.05) is 18.4 Å². The summed E-state index contributed by atoms with van der Waals surface area (Å²) >= 11 is 0. The third kappa shape index (κ3) is 6.82. The van der Waals surface area contributed by atoms with Crippen LogP contribution in [0.4, 0.5) is 18.9 Å². The van der Waals surface area contributed by atoms with E-state index in [0.29, 0.717) is 0 Å². The Labute approximate surface area is 142 Å². The first-order valence-corrected chi connectivity index (χ1v) is 7.51. The number of rotatable bonds is 8. The summed E-state index contributed by atoms with van der Waals surface area (Å²) in [6.07, 6.45) is -3.79. The van der Waals surface area contributed by atoms with Crippen molar-refractivity contribution in [1.29, 1.82) is 0 Å². The van der Waals surface area contributed by atoms with Gasteiger partial charge in [-0.25, -0.2) is 18.0 Å². The second-order valence-corrected chi connectivity index (χ2v) is 5.83. The van der Waals surface area contributed by atoms with Crippen LogP contribution in [0.3, 0.4) is 0 Å². The summed E-state index contributed by atoms with van der Waals surface area (Å²) in [4.78, 5) is 34.4. The largest absolute Gasteiger partial charge is 0.480 e. The molecule has 1 unspecified atom stereocenters. The van der Waals surface area contributed by atoms with Crippen LogP contribution < -0.4 is 10.6 Å². The van der Waals surface area contributed by atoms with Gasteiger partial charge in [-0.15, -0.1) is 0 Å². The number of hydrogen-bond donors (Lipinski definition) is 3. The average Bonchev–Trinajstić information content (AvgIpc) is 2.47. The van der Waals surface area contributed by atoms with Crippen LogP contribution in [0.1, 0.15) is 37.0 Å². The number of carboxylic acids is 1. The van der Waals surface area contributed by atoms with Crippen molar-refractivity contribution in [1.82, 2.24) is 5.32 Å². The second-order valence-electron chi connectivity index (χ2n) is 5.83. The van der Waals surface area contributed by atoms with Crippen LogP contribution in [-0.2, 0) is 9.59 Å². The molecule has 0 aliphatic rings. The summed E-state index contributed by atoms with van der Waals surface area (Å²) in [5.74, 6) is -3.84. The molecule has 0 radical (unpaired) electrons. The highest BCUT2D eigenvalue weighted by atomic mass is 19.3. The minimum absolute atomic E-state index is 0.0795. The summed E-state index contributed by atoms with van der Waals surface area (Å²) in [5, 5.41) is 13.1. The van der Waals surface area contributed by atoms with Gasteiger partial charge in [0.05, 0.1) is 5.69 Å². The smallest absolute Gasteiger partial charge is 0.326 e. The summed E-state index contributed by atoms with van der Waals surface area (Å²) in [6, 6.07) is 1.30. The SMILES string of the molecule is CC(C)CC(=O)Nc1ccc(C(=O)NC(CC(F)F)C(=O)O)cc1F. The molecule has 3 N–H and O–H groups in total. The van der Waals surface area contributed by atoms with Gasteiger partial charge in [-0.3, -0.25) is 9.59 Å². The maximum atomic E-state index is 14.0. The molecule has 0 bridgehead atoms. The number of aliphatic carboxylic acids is 1. The topological polar surface area (TPSA) is 95.5 Å². The molecular weight excluding hydrogens is 341 g/mol. The zero-order valence-corrected chi connectivity index (χ0v) is 13.7. The molecule has 0 aliphatic carbocycles. The first-order chi connectivity index (χ1) is 11.6. The van der Waals surface area contributed by atoms with E-state index in [2.05, 4.69) is 5.32 Å². The highest BCUT2D eigenvalue weighted by Crippen LogP contribution is 2.17. The van der Waals surface area contributed by atoms with Crippen molar-refractivity contribution in [2.75, 3.05) is 5.32 Å². The number of carbonyl (C=O) groups excluding carboxylic acids is 2. The van der Waals surface area contributed by atoms with Crippen molar-refractivity contribution >= 4 is 23.5 Å². The summed E-state index contributed by atoms with van der Waals surface area (Å²) in [7, 11) is 0. The molecule has 25 heavy (non-hydrogen) atoms. The number of halogens is 3. The predicted octanol–water partition coefficient (Wildman–Crippen LogP) is 2.65. The highest BCUT2D eigenvalue weighted by Gasteiger charge is 2.25. The van der Waals surface area contributed by atoms with Gasteiger partial charge in [0.25, 0.3) is 5.91 Å². The van der Waals surface area contributed by atoms with E-state index in [9.17, 15) is 27.6 Å². The Morgan fingerprint density at radius 1 is 1.20 bits per heavy atom. The normalized spacial score (nSPS) is 12.1. The zero-order valence-electron chi connectivity index (χ0n) is 13.7. The molecule has 1 aromatic rings. The lowest BCUT2D eigenvalue weighted by Gasteiger charge is -2.14. The fourth-order valence-corrected chi connectivity index (χ4v) is 1.97. The maximum absolute atomic E-state index is 14.0. The molecule has 0 aliphatic heterocycles. The third-order valence-electron chi connectivity index (χ3n) is 3.12. The first kappa shape index (κ1) is 20.5. The van der Waals surface area contributed by atoms with Crippen molar-refractivity contribution in [2.45, 2.75) is 39.2 Å². The molecule has 9 heteroatoms. The van der Waals surface area contributed by atoms with Crippen LogP contribution in [0.15, 0.2) is 18.2 Å². The van der Waals surface area contributed by atoms with Gasteiger partial charge in [0.2, 0.25) is 12.3 Å². The Bertz CT molecular complexity index is 650. The first-order valence-electron chi connectivity index (χ1n) is 7.51. The summed E-state index contributed by atoms with van der Waals surface area (Å²) < 4.78 is 38.6. The fourth-order valence-electron chi connectivity index (χ4n) is 1.97. The molecule has 0 aromatic heterocycles. The summed E-state index contributed by atoms with van der Waals surface area (Å²) in [6.45, 7) is 3.64. The molecule has 0 saturated carbocycles. The standard InChI is InChI=1S/C16H19F3N2O4/c1-8(2)5-14(22)20-11-4-3-9(6-10(11)17)15(23)21-12(16(24)25)7-13(18)19/h3-4,6,8,12-13H,5,7H2,1-2H3,(H,20,22)(H,21,23)(H,24,25). The molecule has 138 valence electrons. The van der Waals surface area contributed by atoms with Crippen LogP contribution >= 0.6 is 0 Å². The van der Waals surface area contributed by atoms with E-state index < -0.39 is 42.5 Å². The van der Waals surface area contributed by atoms with Gasteiger partial charge in [0.15, 0.2) is 0 Å². The molecule has 1 rings (SSSR count). The number of alkyl halides is 2. The Balaban J connectivity index is 2.82. The molecule has 2 amide bonds. The van der Waals surface area contributed by atoms with Crippen molar-refractivity contribution in [3.8, 4) is 0 Å². The van der Waals surface area contributed by atoms with Gasteiger partial charge in [-0.05, 0) is 24.1 Å². The molecule has 6 nitrogen and oxygen atoms in total. The Kier molecular flexibility index (Phi) is 7.41. The lowest BCUT2D eigenvalue weighted by molar-refractivity contribution is -0.140. The molecule has 0 fully saturated rings. The lowest BCUT2D eigenvalue weighted by atomic mass is 10.1. The number of carboxylic acid groups (broad SMARTS) is 1. The fraction of sp³-hybridized carbons (Fsp3) is 0.438. The monoisotopic (exact) mass is 360 g/mol. The predicted molar refractivity (Wildman–Crippen MR) is 84.0 cm³/mol. The van der Waals surface area contributed by atoms with Crippen molar-refractivity contribution < 1.29 is 32.7 Å². The molecule has 0 spiro atoms. The van der Waals surface area contributed by atoms with E-state index in [1.807, 2.05) is 19.2 Å². The lowest BCUT2D eigenvalue weighted by Crippen LogP contribution is -2.42. The number of nitrogens with one attached hydrogen (secondary N) is 2.